The van der Waals surface area contributed by atoms with Gasteiger partial charge in [-0.2, -0.15) is 13.2 Å². The zero-order valence-electron chi connectivity index (χ0n) is 10.1. The second-order valence-corrected chi connectivity index (χ2v) is 4.07. The number of nitrogens with two attached hydrogens (primary N) is 1. The second-order valence-electron chi connectivity index (χ2n) is 4.07. The molecule has 3 nitrogen and oxygen atoms in total. The molecule has 0 bridgehead atoms. The van der Waals surface area contributed by atoms with Crippen molar-refractivity contribution in [3.8, 4) is 5.75 Å². The molecule has 0 amide bonds. The maximum atomic E-state index is 12.1. The summed E-state index contributed by atoms with van der Waals surface area (Å²) in [4.78, 5) is 0. The predicted molar refractivity (Wildman–Crippen MR) is 63.1 cm³/mol. The van der Waals surface area contributed by atoms with E-state index in [4.69, 9.17) is 10.6 Å². The van der Waals surface area contributed by atoms with E-state index in [-0.39, 0.29) is 12.5 Å². The van der Waals surface area contributed by atoms with E-state index in [1.54, 1.807) is 19.2 Å². The summed E-state index contributed by atoms with van der Waals surface area (Å²) in [6.45, 7) is 0. The molecule has 0 fully saturated rings. The molecule has 0 heterocycles. The molecule has 102 valence electrons. The third kappa shape index (κ3) is 5.37. The molecule has 0 aliphatic rings. The molecule has 18 heavy (non-hydrogen) atoms. The summed E-state index contributed by atoms with van der Waals surface area (Å²) >= 11 is 0. The minimum Gasteiger partial charge on any atom is -0.497 e. The molecule has 0 aliphatic carbocycles. The van der Waals surface area contributed by atoms with E-state index in [9.17, 15) is 13.2 Å². The number of alkyl halides is 3. The summed E-state index contributed by atoms with van der Waals surface area (Å²) in [5.74, 6) is 5.98. The SMILES string of the molecule is COc1ccc(CC(CCC(F)(F)F)NN)cc1. The number of hydrogen-bond acceptors (Lipinski definition) is 3. The number of hydrogen-bond donors (Lipinski definition) is 2. The van der Waals surface area contributed by atoms with Crippen molar-refractivity contribution >= 4 is 0 Å². The Hall–Kier alpha value is -1.27. The lowest BCUT2D eigenvalue weighted by molar-refractivity contribution is -0.136. The van der Waals surface area contributed by atoms with Crippen molar-refractivity contribution in [2.75, 3.05) is 7.11 Å². The van der Waals surface area contributed by atoms with Crippen molar-refractivity contribution in [1.82, 2.24) is 5.43 Å². The molecular weight excluding hydrogens is 245 g/mol. The summed E-state index contributed by atoms with van der Waals surface area (Å²) in [5, 5.41) is 0. The largest absolute Gasteiger partial charge is 0.497 e. The molecule has 6 heteroatoms. The first kappa shape index (κ1) is 14.8. The predicted octanol–water partition coefficient (Wildman–Crippen LogP) is 2.41. The van der Waals surface area contributed by atoms with E-state index in [0.717, 1.165) is 5.56 Å². The summed E-state index contributed by atoms with van der Waals surface area (Å²) in [5.41, 5.74) is 3.34. The maximum Gasteiger partial charge on any atom is 0.389 e. The monoisotopic (exact) mass is 262 g/mol. The number of benzene rings is 1. The third-order valence-corrected chi connectivity index (χ3v) is 2.65. The molecule has 0 radical (unpaired) electrons. The van der Waals surface area contributed by atoms with Crippen LogP contribution in [0.15, 0.2) is 24.3 Å². The molecule has 0 saturated carbocycles. The van der Waals surface area contributed by atoms with Gasteiger partial charge in [-0.15, -0.1) is 0 Å². The van der Waals surface area contributed by atoms with Gasteiger partial charge in [-0.05, 0) is 30.5 Å². The van der Waals surface area contributed by atoms with Gasteiger partial charge in [-0.25, -0.2) is 0 Å². The number of hydrazine groups is 1. The smallest absolute Gasteiger partial charge is 0.389 e. The highest BCUT2D eigenvalue weighted by atomic mass is 19.4. The molecule has 1 rings (SSSR count). The van der Waals surface area contributed by atoms with Gasteiger partial charge in [0.25, 0.3) is 0 Å². The van der Waals surface area contributed by atoms with Gasteiger partial charge < -0.3 is 4.74 Å². The van der Waals surface area contributed by atoms with Crippen LogP contribution >= 0.6 is 0 Å². The summed E-state index contributed by atoms with van der Waals surface area (Å²) in [6.07, 6.45) is -4.56. The Morgan fingerprint density at radius 3 is 2.33 bits per heavy atom. The highest BCUT2D eigenvalue weighted by Crippen LogP contribution is 2.23. The number of ether oxygens (including phenoxy) is 1. The molecular formula is C12H17F3N2O. The fourth-order valence-corrected chi connectivity index (χ4v) is 1.63. The topological polar surface area (TPSA) is 47.3 Å². The van der Waals surface area contributed by atoms with Crippen LogP contribution in [-0.2, 0) is 6.42 Å². The molecule has 0 aliphatic heterocycles. The van der Waals surface area contributed by atoms with Crippen molar-refractivity contribution in [2.45, 2.75) is 31.5 Å². The van der Waals surface area contributed by atoms with Gasteiger partial charge in [0.05, 0.1) is 7.11 Å². The van der Waals surface area contributed by atoms with Crippen LogP contribution in [-0.4, -0.2) is 19.3 Å². The lowest BCUT2D eigenvalue weighted by Gasteiger charge is -2.17. The minimum atomic E-state index is -4.14. The van der Waals surface area contributed by atoms with Crippen LogP contribution in [0, 0.1) is 0 Å². The van der Waals surface area contributed by atoms with Gasteiger partial charge in [0, 0.05) is 12.5 Å². The molecule has 0 aromatic heterocycles. The Bertz CT molecular complexity index is 351. The first-order valence-electron chi connectivity index (χ1n) is 5.60. The van der Waals surface area contributed by atoms with Crippen molar-refractivity contribution < 1.29 is 17.9 Å². The quantitative estimate of drug-likeness (QED) is 0.611. The Kier molecular flexibility index (Phi) is 5.43. The standard InChI is InChI=1S/C12H17F3N2O/c1-18-11-4-2-9(3-5-11)8-10(17-16)6-7-12(13,14)15/h2-5,10,17H,6-8,16H2,1H3. The normalized spacial score (nSPS) is 13.4. The Balaban J connectivity index is 2.51. The van der Waals surface area contributed by atoms with Crippen molar-refractivity contribution in [3.63, 3.8) is 0 Å². The molecule has 1 aromatic carbocycles. The number of methoxy groups -OCH3 is 1. The van der Waals surface area contributed by atoms with E-state index in [1.165, 1.54) is 0 Å². The first-order valence-corrected chi connectivity index (χ1v) is 5.60. The summed E-state index contributed by atoms with van der Waals surface area (Å²) < 4.78 is 41.3. The van der Waals surface area contributed by atoms with Crippen LogP contribution in [0.2, 0.25) is 0 Å². The Labute approximate surface area is 104 Å². The molecule has 1 unspecified atom stereocenters. The number of nitrogens with one attached hydrogen (secondary N) is 1. The Morgan fingerprint density at radius 1 is 1.28 bits per heavy atom. The van der Waals surface area contributed by atoms with E-state index < -0.39 is 12.6 Å². The molecule has 0 spiro atoms. The highest BCUT2D eigenvalue weighted by molar-refractivity contribution is 5.27. The van der Waals surface area contributed by atoms with Gasteiger partial charge in [0.15, 0.2) is 0 Å². The fraction of sp³-hybridized carbons (Fsp3) is 0.500. The van der Waals surface area contributed by atoms with Crippen molar-refractivity contribution in [2.24, 2.45) is 5.84 Å². The van der Waals surface area contributed by atoms with Gasteiger partial charge in [0.1, 0.15) is 5.75 Å². The van der Waals surface area contributed by atoms with E-state index in [2.05, 4.69) is 5.43 Å². The second kappa shape index (κ2) is 6.61. The van der Waals surface area contributed by atoms with Crippen LogP contribution in [0.4, 0.5) is 13.2 Å². The highest BCUT2D eigenvalue weighted by Gasteiger charge is 2.28. The van der Waals surface area contributed by atoms with Crippen molar-refractivity contribution in [1.29, 1.82) is 0 Å². The zero-order valence-corrected chi connectivity index (χ0v) is 10.1. The third-order valence-electron chi connectivity index (χ3n) is 2.65. The first-order chi connectivity index (χ1) is 8.44. The molecule has 1 aromatic rings. The summed E-state index contributed by atoms with van der Waals surface area (Å²) in [7, 11) is 1.56. The maximum absolute atomic E-state index is 12.1. The molecule has 1 atom stereocenters. The van der Waals surface area contributed by atoms with Crippen LogP contribution in [0.1, 0.15) is 18.4 Å². The van der Waals surface area contributed by atoms with Gasteiger partial charge in [-0.1, -0.05) is 12.1 Å². The van der Waals surface area contributed by atoms with Crippen LogP contribution in [0.25, 0.3) is 0 Å². The minimum absolute atomic E-state index is 0.0357. The van der Waals surface area contributed by atoms with Crippen molar-refractivity contribution in [3.05, 3.63) is 29.8 Å². The molecule has 0 saturated heterocycles. The number of halogens is 3. The summed E-state index contributed by atoms with van der Waals surface area (Å²) in [6, 6.07) is 6.78. The lowest BCUT2D eigenvalue weighted by atomic mass is 10.0. The molecule has 3 N–H and O–H groups in total. The van der Waals surface area contributed by atoms with Crippen LogP contribution < -0.4 is 16.0 Å². The van der Waals surface area contributed by atoms with Gasteiger partial charge in [-0.3, -0.25) is 11.3 Å². The zero-order chi connectivity index (χ0) is 13.6. The lowest BCUT2D eigenvalue weighted by Crippen LogP contribution is -2.37. The average Bonchev–Trinajstić information content (AvgIpc) is 2.34. The average molecular weight is 262 g/mol. The van der Waals surface area contributed by atoms with Crippen LogP contribution in [0.5, 0.6) is 5.75 Å². The van der Waals surface area contributed by atoms with Gasteiger partial charge in [0.2, 0.25) is 0 Å². The van der Waals surface area contributed by atoms with Crippen LogP contribution in [0.3, 0.4) is 0 Å². The number of rotatable bonds is 6. The van der Waals surface area contributed by atoms with E-state index in [1.807, 2.05) is 12.1 Å². The Morgan fingerprint density at radius 2 is 1.89 bits per heavy atom. The fourth-order valence-electron chi connectivity index (χ4n) is 1.63. The van der Waals surface area contributed by atoms with E-state index in [0.29, 0.717) is 12.2 Å². The van der Waals surface area contributed by atoms with E-state index >= 15 is 0 Å². The van der Waals surface area contributed by atoms with Gasteiger partial charge >= 0.3 is 6.18 Å².